The molecule has 0 aliphatic heterocycles. The summed E-state index contributed by atoms with van der Waals surface area (Å²) >= 11 is 3.35. The number of hydrogen-bond acceptors (Lipinski definition) is 3. The van der Waals surface area contributed by atoms with Crippen LogP contribution < -0.4 is 10.6 Å². The van der Waals surface area contributed by atoms with Crippen LogP contribution in [0.3, 0.4) is 0 Å². The van der Waals surface area contributed by atoms with Gasteiger partial charge >= 0.3 is 0 Å². The van der Waals surface area contributed by atoms with Crippen LogP contribution in [-0.2, 0) is 4.79 Å². The van der Waals surface area contributed by atoms with E-state index in [1.807, 2.05) is 42.5 Å². The Kier molecular flexibility index (Phi) is 4.74. The summed E-state index contributed by atoms with van der Waals surface area (Å²) in [4.78, 5) is 15.4. The van der Waals surface area contributed by atoms with E-state index in [1.165, 1.54) is 6.92 Å². The third-order valence-electron chi connectivity index (χ3n) is 2.79. The molecule has 5 heteroatoms. The van der Waals surface area contributed by atoms with Crippen LogP contribution >= 0.6 is 15.9 Å². The van der Waals surface area contributed by atoms with Crippen molar-refractivity contribution in [1.82, 2.24) is 4.98 Å². The lowest BCUT2D eigenvalue weighted by molar-refractivity contribution is -0.114. The third-order valence-corrected chi connectivity index (χ3v) is 3.23. The molecule has 4 nitrogen and oxygen atoms in total. The van der Waals surface area contributed by atoms with Gasteiger partial charge in [0.25, 0.3) is 0 Å². The highest BCUT2D eigenvalue weighted by atomic mass is 79.9. The van der Waals surface area contributed by atoms with Crippen molar-refractivity contribution >= 4 is 33.3 Å². The molecule has 0 radical (unpaired) electrons. The zero-order valence-electron chi connectivity index (χ0n) is 11.4. The quantitative estimate of drug-likeness (QED) is 0.832. The van der Waals surface area contributed by atoms with Crippen molar-refractivity contribution in [2.75, 3.05) is 10.6 Å². The van der Waals surface area contributed by atoms with Crippen molar-refractivity contribution < 1.29 is 4.79 Å². The summed E-state index contributed by atoms with van der Waals surface area (Å²) < 4.78 is 0.793. The van der Waals surface area contributed by atoms with Gasteiger partial charge in [0.1, 0.15) is 10.4 Å². The molecule has 0 spiro atoms. The van der Waals surface area contributed by atoms with Crippen LogP contribution in [0.4, 0.5) is 11.5 Å². The standard InChI is InChI=1S/C15H16BrN3O/c1-10(17-15-8-4-7-14(16)19-15)12-5-3-6-13(9-12)18-11(2)20/h3-10H,1-2H3,(H,17,19)(H,18,20). The minimum atomic E-state index is -0.0728. The summed E-state index contributed by atoms with van der Waals surface area (Å²) in [6, 6.07) is 13.6. The van der Waals surface area contributed by atoms with E-state index in [2.05, 4.69) is 38.5 Å². The summed E-state index contributed by atoms with van der Waals surface area (Å²) in [5.41, 5.74) is 1.88. The summed E-state index contributed by atoms with van der Waals surface area (Å²) in [6.45, 7) is 3.55. The van der Waals surface area contributed by atoms with Gasteiger partial charge < -0.3 is 10.6 Å². The maximum atomic E-state index is 11.1. The van der Waals surface area contributed by atoms with E-state index in [0.717, 1.165) is 21.7 Å². The Bertz CT molecular complexity index is 616. The predicted molar refractivity (Wildman–Crippen MR) is 84.7 cm³/mol. The van der Waals surface area contributed by atoms with Crippen molar-refractivity contribution in [2.24, 2.45) is 0 Å². The number of nitrogens with zero attached hydrogens (tertiary/aromatic N) is 1. The minimum Gasteiger partial charge on any atom is -0.364 e. The van der Waals surface area contributed by atoms with Gasteiger partial charge in [-0.15, -0.1) is 0 Å². The first-order valence-corrected chi connectivity index (χ1v) is 7.10. The Balaban J connectivity index is 2.12. The number of anilines is 2. The number of amides is 1. The van der Waals surface area contributed by atoms with Crippen molar-refractivity contribution in [1.29, 1.82) is 0 Å². The predicted octanol–water partition coefficient (Wildman–Crippen LogP) is 3.98. The van der Waals surface area contributed by atoms with Crippen LogP contribution in [0, 0.1) is 0 Å². The molecule has 1 heterocycles. The lowest BCUT2D eigenvalue weighted by Gasteiger charge is -2.16. The lowest BCUT2D eigenvalue weighted by Crippen LogP contribution is -2.10. The van der Waals surface area contributed by atoms with Crippen LogP contribution in [0.25, 0.3) is 0 Å². The molecule has 0 fully saturated rings. The molecular weight excluding hydrogens is 318 g/mol. The van der Waals surface area contributed by atoms with Crippen molar-refractivity contribution in [3.63, 3.8) is 0 Å². The number of hydrogen-bond donors (Lipinski definition) is 2. The summed E-state index contributed by atoms with van der Waals surface area (Å²) in [5, 5.41) is 6.11. The molecule has 2 N–H and O–H groups in total. The van der Waals surface area contributed by atoms with Crippen LogP contribution in [-0.4, -0.2) is 10.9 Å². The van der Waals surface area contributed by atoms with Gasteiger partial charge in [0.05, 0.1) is 6.04 Å². The molecule has 0 aliphatic carbocycles. The van der Waals surface area contributed by atoms with Gasteiger partial charge in [-0.05, 0) is 52.7 Å². The molecule has 2 rings (SSSR count). The molecule has 104 valence electrons. The SMILES string of the molecule is CC(=O)Nc1cccc(C(C)Nc2cccc(Br)n2)c1. The van der Waals surface area contributed by atoms with Gasteiger partial charge in [-0.3, -0.25) is 4.79 Å². The number of aromatic nitrogens is 1. The van der Waals surface area contributed by atoms with Crippen molar-refractivity contribution in [3.05, 3.63) is 52.6 Å². The zero-order valence-corrected chi connectivity index (χ0v) is 12.9. The Labute approximate surface area is 126 Å². The van der Waals surface area contributed by atoms with Gasteiger partial charge in [0, 0.05) is 12.6 Å². The largest absolute Gasteiger partial charge is 0.364 e. The molecule has 1 amide bonds. The topological polar surface area (TPSA) is 54.0 Å². The van der Waals surface area contributed by atoms with Crippen molar-refractivity contribution in [2.45, 2.75) is 19.9 Å². The number of benzene rings is 1. The molecule has 0 aliphatic rings. The number of carbonyl (C=O) groups excluding carboxylic acids is 1. The molecule has 0 saturated carbocycles. The fraction of sp³-hybridized carbons (Fsp3) is 0.200. The number of carbonyl (C=O) groups is 1. The average Bonchev–Trinajstić information content (AvgIpc) is 2.38. The van der Waals surface area contributed by atoms with Crippen LogP contribution in [0.15, 0.2) is 47.1 Å². The average molecular weight is 334 g/mol. The van der Waals surface area contributed by atoms with Crippen LogP contribution in [0.1, 0.15) is 25.5 Å². The van der Waals surface area contributed by atoms with Gasteiger partial charge in [-0.1, -0.05) is 18.2 Å². The molecule has 1 aromatic heterocycles. The summed E-state index contributed by atoms with van der Waals surface area (Å²) in [7, 11) is 0. The fourth-order valence-corrected chi connectivity index (χ4v) is 2.23. The van der Waals surface area contributed by atoms with E-state index >= 15 is 0 Å². The van der Waals surface area contributed by atoms with E-state index in [9.17, 15) is 4.79 Å². The first kappa shape index (κ1) is 14.5. The van der Waals surface area contributed by atoms with E-state index in [0.29, 0.717) is 0 Å². The Morgan fingerprint density at radius 2 is 2.00 bits per heavy atom. The van der Waals surface area contributed by atoms with E-state index < -0.39 is 0 Å². The highest BCUT2D eigenvalue weighted by Crippen LogP contribution is 2.21. The van der Waals surface area contributed by atoms with Crippen LogP contribution in [0.2, 0.25) is 0 Å². The number of pyridine rings is 1. The molecule has 0 saturated heterocycles. The summed E-state index contributed by atoms with van der Waals surface area (Å²) in [5.74, 6) is 0.730. The molecule has 1 unspecified atom stereocenters. The maximum Gasteiger partial charge on any atom is 0.221 e. The third kappa shape index (κ3) is 4.06. The van der Waals surface area contributed by atoms with Gasteiger partial charge in [-0.25, -0.2) is 4.98 Å². The first-order chi connectivity index (χ1) is 9.54. The van der Waals surface area contributed by atoms with Crippen LogP contribution in [0.5, 0.6) is 0 Å². The normalized spacial score (nSPS) is 11.8. The molecular formula is C15H16BrN3O. The molecule has 1 aromatic carbocycles. The molecule has 2 aromatic rings. The highest BCUT2D eigenvalue weighted by Gasteiger charge is 2.07. The minimum absolute atomic E-state index is 0.0728. The zero-order chi connectivity index (χ0) is 14.5. The second-order valence-electron chi connectivity index (χ2n) is 4.52. The van der Waals surface area contributed by atoms with Gasteiger partial charge in [-0.2, -0.15) is 0 Å². The fourth-order valence-electron chi connectivity index (χ4n) is 1.88. The first-order valence-electron chi connectivity index (χ1n) is 6.31. The smallest absolute Gasteiger partial charge is 0.221 e. The summed E-state index contributed by atoms with van der Waals surface area (Å²) in [6.07, 6.45) is 0. The Hall–Kier alpha value is -1.88. The van der Waals surface area contributed by atoms with E-state index in [4.69, 9.17) is 0 Å². The Morgan fingerprint density at radius 3 is 2.70 bits per heavy atom. The second kappa shape index (κ2) is 6.52. The van der Waals surface area contributed by atoms with Gasteiger partial charge in [0.15, 0.2) is 0 Å². The second-order valence-corrected chi connectivity index (χ2v) is 5.33. The number of nitrogens with one attached hydrogen (secondary N) is 2. The van der Waals surface area contributed by atoms with E-state index in [-0.39, 0.29) is 11.9 Å². The number of rotatable bonds is 4. The molecule has 1 atom stereocenters. The maximum absolute atomic E-state index is 11.1. The van der Waals surface area contributed by atoms with Gasteiger partial charge in [0.2, 0.25) is 5.91 Å². The highest BCUT2D eigenvalue weighted by molar-refractivity contribution is 9.10. The Morgan fingerprint density at radius 1 is 1.25 bits per heavy atom. The molecule has 20 heavy (non-hydrogen) atoms. The van der Waals surface area contributed by atoms with E-state index in [1.54, 1.807) is 0 Å². The van der Waals surface area contributed by atoms with Crippen molar-refractivity contribution in [3.8, 4) is 0 Å². The monoisotopic (exact) mass is 333 g/mol. The molecule has 0 bridgehead atoms. The lowest BCUT2D eigenvalue weighted by atomic mass is 10.1. The number of halogens is 1.